The standard InChI is InChI=1S/C9H14N2OS/c12-5-8-6-13-9(11-8)4-10-7-2-1-3-7/h6-7,10,12H,1-5H2. The Bertz CT molecular complexity index is 270. The largest absolute Gasteiger partial charge is 0.390 e. The van der Waals surface area contributed by atoms with E-state index < -0.39 is 0 Å². The molecule has 0 atom stereocenters. The van der Waals surface area contributed by atoms with Crippen LogP contribution in [-0.2, 0) is 13.2 Å². The molecule has 0 amide bonds. The Morgan fingerprint density at radius 2 is 2.46 bits per heavy atom. The molecule has 0 aromatic carbocycles. The van der Waals surface area contributed by atoms with Gasteiger partial charge in [-0.2, -0.15) is 0 Å². The summed E-state index contributed by atoms with van der Waals surface area (Å²) in [5, 5.41) is 15.2. The van der Waals surface area contributed by atoms with E-state index >= 15 is 0 Å². The summed E-state index contributed by atoms with van der Waals surface area (Å²) in [4.78, 5) is 4.27. The molecule has 0 radical (unpaired) electrons. The fourth-order valence-corrected chi connectivity index (χ4v) is 2.08. The van der Waals surface area contributed by atoms with Gasteiger partial charge in [0.2, 0.25) is 0 Å². The molecule has 3 nitrogen and oxygen atoms in total. The number of hydrogen-bond acceptors (Lipinski definition) is 4. The molecular weight excluding hydrogens is 184 g/mol. The fourth-order valence-electron chi connectivity index (χ4n) is 1.35. The van der Waals surface area contributed by atoms with Crippen molar-refractivity contribution in [3.63, 3.8) is 0 Å². The van der Waals surface area contributed by atoms with Crippen LogP contribution >= 0.6 is 11.3 Å². The number of aromatic nitrogens is 1. The molecular formula is C9H14N2OS. The highest BCUT2D eigenvalue weighted by Gasteiger charge is 2.16. The fraction of sp³-hybridized carbons (Fsp3) is 0.667. The highest BCUT2D eigenvalue weighted by molar-refractivity contribution is 7.09. The molecule has 2 N–H and O–H groups in total. The Hall–Kier alpha value is -0.450. The van der Waals surface area contributed by atoms with Crippen molar-refractivity contribution in [1.82, 2.24) is 10.3 Å². The molecule has 13 heavy (non-hydrogen) atoms. The van der Waals surface area contributed by atoms with Gasteiger partial charge in [0.15, 0.2) is 0 Å². The van der Waals surface area contributed by atoms with Gasteiger partial charge in [-0.1, -0.05) is 6.42 Å². The Morgan fingerprint density at radius 3 is 3.00 bits per heavy atom. The third-order valence-corrected chi connectivity index (χ3v) is 3.31. The third-order valence-electron chi connectivity index (χ3n) is 2.41. The van der Waals surface area contributed by atoms with Crippen LogP contribution in [0.5, 0.6) is 0 Å². The van der Waals surface area contributed by atoms with E-state index in [-0.39, 0.29) is 6.61 Å². The zero-order valence-corrected chi connectivity index (χ0v) is 8.31. The van der Waals surface area contributed by atoms with Crippen LogP contribution < -0.4 is 5.32 Å². The average Bonchev–Trinajstić information content (AvgIpc) is 2.49. The molecule has 1 saturated carbocycles. The number of thiazole rings is 1. The zero-order valence-electron chi connectivity index (χ0n) is 7.49. The van der Waals surface area contributed by atoms with Crippen molar-refractivity contribution < 1.29 is 5.11 Å². The number of aliphatic hydroxyl groups excluding tert-OH is 1. The molecule has 1 aliphatic carbocycles. The van der Waals surface area contributed by atoms with Gasteiger partial charge in [-0.15, -0.1) is 11.3 Å². The number of aliphatic hydroxyl groups is 1. The first kappa shape index (κ1) is 9.12. The van der Waals surface area contributed by atoms with Gasteiger partial charge in [0.1, 0.15) is 5.01 Å². The monoisotopic (exact) mass is 198 g/mol. The summed E-state index contributed by atoms with van der Waals surface area (Å²) in [7, 11) is 0. The smallest absolute Gasteiger partial charge is 0.107 e. The molecule has 1 aromatic heterocycles. The first-order chi connectivity index (χ1) is 6.38. The maximum atomic E-state index is 8.81. The van der Waals surface area contributed by atoms with Crippen LogP contribution in [0.1, 0.15) is 30.0 Å². The van der Waals surface area contributed by atoms with E-state index in [4.69, 9.17) is 5.11 Å². The topological polar surface area (TPSA) is 45.1 Å². The summed E-state index contributed by atoms with van der Waals surface area (Å²) in [5.41, 5.74) is 0.787. The SMILES string of the molecule is OCc1csc(CNC2CCC2)n1. The van der Waals surface area contributed by atoms with Crippen molar-refractivity contribution in [3.05, 3.63) is 16.1 Å². The van der Waals surface area contributed by atoms with E-state index in [1.807, 2.05) is 5.38 Å². The average molecular weight is 198 g/mol. The maximum Gasteiger partial charge on any atom is 0.107 e. The molecule has 0 spiro atoms. The van der Waals surface area contributed by atoms with Crippen molar-refractivity contribution >= 4 is 11.3 Å². The van der Waals surface area contributed by atoms with Crippen molar-refractivity contribution in [2.45, 2.75) is 38.5 Å². The molecule has 0 aliphatic heterocycles. The van der Waals surface area contributed by atoms with Crippen LogP contribution in [0.4, 0.5) is 0 Å². The van der Waals surface area contributed by atoms with Crippen LogP contribution in [-0.4, -0.2) is 16.1 Å². The van der Waals surface area contributed by atoms with E-state index in [1.54, 1.807) is 11.3 Å². The van der Waals surface area contributed by atoms with Crippen molar-refractivity contribution in [1.29, 1.82) is 0 Å². The Labute approximate surface area is 81.8 Å². The van der Waals surface area contributed by atoms with Crippen molar-refractivity contribution in [2.75, 3.05) is 0 Å². The van der Waals surface area contributed by atoms with E-state index in [2.05, 4.69) is 10.3 Å². The van der Waals surface area contributed by atoms with Gasteiger partial charge in [0.25, 0.3) is 0 Å². The van der Waals surface area contributed by atoms with Crippen LogP contribution in [0.15, 0.2) is 5.38 Å². The summed E-state index contributed by atoms with van der Waals surface area (Å²) in [5.74, 6) is 0. The van der Waals surface area contributed by atoms with Crippen LogP contribution in [0, 0.1) is 0 Å². The lowest BCUT2D eigenvalue weighted by Gasteiger charge is -2.25. The number of nitrogens with one attached hydrogen (secondary N) is 1. The Morgan fingerprint density at radius 1 is 1.62 bits per heavy atom. The van der Waals surface area contributed by atoms with Crippen LogP contribution in [0.2, 0.25) is 0 Å². The molecule has 0 bridgehead atoms. The number of hydrogen-bond donors (Lipinski definition) is 2. The van der Waals surface area contributed by atoms with Crippen LogP contribution in [0.25, 0.3) is 0 Å². The predicted octanol–water partition coefficient (Wildman–Crippen LogP) is 1.28. The summed E-state index contributed by atoms with van der Waals surface area (Å²) >= 11 is 1.62. The van der Waals surface area contributed by atoms with Gasteiger partial charge in [-0.3, -0.25) is 0 Å². The lowest BCUT2D eigenvalue weighted by atomic mass is 9.93. The first-order valence-corrected chi connectivity index (χ1v) is 5.54. The molecule has 4 heteroatoms. The van der Waals surface area contributed by atoms with Gasteiger partial charge in [0.05, 0.1) is 12.3 Å². The Balaban J connectivity index is 1.79. The second-order valence-electron chi connectivity index (χ2n) is 3.40. The van der Waals surface area contributed by atoms with Crippen molar-refractivity contribution in [3.8, 4) is 0 Å². The van der Waals surface area contributed by atoms with Crippen LogP contribution in [0.3, 0.4) is 0 Å². The minimum absolute atomic E-state index is 0.0555. The second-order valence-corrected chi connectivity index (χ2v) is 4.34. The summed E-state index contributed by atoms with van der Waals surface area (Å²) in [6.07, 6.45) is 3.97. The first-order valence-electron chi connectivity index (χ1n) is 4.66. The lowest BCUT2D eigenvalue weighted by Crippen LogP contribution is -2.34. The van der Waals surface area contributed by atoms with Gasteiger partial charge >= 0.3 is 0 Å². The number of rotatable bonds is 4. The predicted molar refractivity (Wildman–Crippen MR) is 52.5 cm³/mol. The minimum Gasteiger partial charge on any atom is -0.390 e. The van der Waals surface area contributed by atoms with E-state index in [0.29, 0.717) is 6.04 Å². The molecule has 72 valence electrons. The van der Waals surface area contributed by atoms with Gasteiger partial charge in [0, 0.05) is 18.0 Å². The van der Waals surface area contributed by atoms with E-state index in [0.717, 1.165) is 17.2 Å². The van der Waals surface area contributed by atoms with Crippen molar-refractivity contribution in [2.24, 2.45) is 0 Å². The molecule has 1 aliphatic rings. The van der Waals surface area contributed by atoms with Gasteiger partial charge < -0.3 is 10.4 Å². The van der Waals surface area contributed by atoms with E-state index in [1.165, 1.54) is 19.3 Å². The summed E-state index contributed by atoms with van der Waals surface area (Å²) < 4.78 is 0. The highest BCUT2D eigenvalue weighted by atomic mass is 32.1. The second kappa shape index (κ2) is 4.17. The number of nitrogens with zero attached hydrogens (tertiary/aromatic N) is 1. The molecule has 2 rings (SSSR count). The van der Waals surface area contributed by atoms with Gasteiger partial charge in [-0.05, 0) is 12.8 Å². The normalized spacial score (nSPS) is 17.3. The minimum atomic E-state index is 0.0555. The summed E-state index contributed by atoms with van der Waals surface area (Å²) in [6, 6.07) is 0.710. The molecule has 0 unspecified atom stereocenters. The molecule has 1 fully saturated rings. The molecule has 1 aromatic rings. The van der Waals surface area contributed by atoms with E-state index in [9.17, 15) is 0 Å². The quantitative estimate of drug-likeness (QED) is 0.766. The maximum absolute atomic E-state index is 8.81. The third kappa shape index (κ3) is 2.27. The Kier molecular flexibility index (Phi) is 2.93. The zero-order chi connectivity index (χ0) is 9.10. The molecule has 0 saturated heterocycles. The highest BCUT2D eigenvalue weighted by Crippen LogP contribution is 2.19. The molecule has 1 heterocycles. The lowest BCUT2D eigenvalue weighted by molar-refractivity contribution is 0.277. The summed E-state index contributed by atoms with van der Waals surface area (Å²) in [6.45, 7) is 0.912. The van der Waals surface area contributed by atoms with Gasteiger partial charge in [-0.25, -0.2) is 4.98 Å².